The van der Waals surface area contributed by atoms with Crippen LogP contribution in [-0.4, -0.2) is 10.1 Å². The lowest BCUT2D eigenvalue weighted by atomic mass is 10.2. The van der Waals surface area contributed by atoms with E-state index >= 15 is 0 Å². The lowest BCUT2D eigenvalue weighted by Crippen LogP contribution is -1.90. The first-order valence-corrected chi connectivity index (χ1v) is 5.12. The normalized spacial score (nSPS) is 11.0. The molecule has 0 atom stereocenters. The minimum Gasteiger partial charge on any atom is -0.349 e. The molecule has 0 saturated carbocycles. The van der Waals surface area contributed by atoms with E-state index < -0.39 is 4.92 Å². The zero-order valence-corrected chi connectivity index (χ0v) is 9.46. The van der Waals surface area contributed by atoms with Gasteiger partial charge in [-0.1, -0.05) is 23.4 Å². The third-order valence-corrected chi connectivity index (χ3v) is 2.32. The van der Waals surface area contributed by atoms with Crippen LogP contribution in [0.15, 0.2) is 28.8 Å². The van der Waals surface area contributed by atoms with Gasteiger partial charge in [-0.15, -0.1) is 0 Å². The molecular weight excluding hydrogens is 239 g/mol. The monoisotopic (exact) mass is 248 g/mol. The Labute approximate surface area is 102 Å². The topological polar surface area (TPSA) is 69.2 Å². The summed E-state index contributed by atoms with van der Waals surface area (Å²) in [5, 5.41) is 14.3. The fourth-order valence-corrected chi connectivity index (χ4v) is 1.50. The molecule has 0 amide bonds. The third kappa shape index (κ3) is 2.42. The molecule has 0 radical (unpaired) electrons. The summed E-state index contributed by atoms with van der Waals surface area (Å²) in [5.41, 5.74) is 0.611. The molecule has 0 aliphatic rings. The smallest absolute Gasteiger partial charge is 0.338 e. The van der Waals surface area contributed by atoms with Crippen molar-refractivity contribution in [1.82, 2.24) is 5.16 Å². The van der Waals surface area contributed by atoms with Crippen molar-refractivity contribution in [3.05, 3.63) is 57.2 Å². The van der Waals surface area contributed by atoms with Crippen molar-refractivity contribution < 1.29 is 13.8 Å². The number of rotatable bonds is 3. The van der Waals surface area contributed by atoms with Crippen molar-refractivity contribution in [2.45, 2.75) is 6.92 Å². The van der Waals surface area contributed by atoms with Crippen molar-refractivity contribution in [3.8, 4) is 0 Å². The Bertz CT molecular complexity index is 620. The van der Waals surface area contributed by atoms with E-state index in [1.54, 1.807) is 12.1 Å². The van der Waals surface area contributed by atoms with Crippen molar-refractivity contribution in [1.29, 1.82) is 0 Å². The van der Waals surface area contributed by atoms with Crippen LogP contribution in [0.2, 0.25) is 0 Å². The maximum absolute atomic E-state index is 12.9. The molecule has 0 bridgehead atoms. The standard InChI is InChI=1S/C12H9FN2O3/c1-8-12(15(16)17)11(18-14-8)6-5-9-3-2-4-10(13)7-9/h2-7H,1H3/b6-5-. The molecule has 6 heteroatoms. The van der Waals surface area contributed by atoms with E-state index in [2.05, 4.69) is 5.16 Å². The van der Waals surface area contributed by atoms with Crippen molar-refractivity contribution in [2.24, 2.45) is 0 Å². The number of halogens is 1. The van der Waals surface area contributed by atoms with Crippen LogP contribution in [0, 0.1) is 22.9 Å². The fraction of sp³-hybridized carbons (Fsp3) is 0.0833. The van der Waals surface area contributed by atoms with Crippen LogP contribution < -0.4 is 0 Å². The molecule has 1 aromatic heterocycles. The molecule has 0 unspecified atom stereocenters. The predicted molar refractivity (Wildman–Crippen MR) is 63.2 cm³/mol. The lowest BCUT2D eigenvalue weighted by molar-refractivity contribution is -0.386. The fourth-order valence-electron chi connectivity index (χ4n) is 1.50. The summed E-state index contributed by atoms with van der Waals surface area (Å²) >= 11 is 0. The van der Waals surface area contributed by atoms with Crippen LogP contribution in [-0.2, 0) is 0 Å². The second-order valence-corrected chi connectivity index (χ2v) is 3.63. The van der Waals surface area contributed by atoms with Gasteiger partial charge in [0.15, 0.2) is 5.69 Å². The molecule has 0 saturated heterocycles. The summed E-state index contributed by atoms with van der Waals surface area (Å²) in [4.78, 5) is 10.2. The number of hydrogen-bond acceptors (Lipinski definition) is 4. The molecule has 1 heterocycles. The van der Waals surface area contributed by atoms with Crippen molar-refractivity contribution >= 4 is 17.8 Å². The maximum atomic E-state index is 12.9. The van der Waals surface area contributed by atoms with Gasteiger partial charge in [0.25, 0.3) is 0 Å². The summed E-state index contributed by atoms with van der Waals surface area (Å²) in [6.07, 6.45) is 2.92. The molecule has 2 rings (SSSR count). The van der Waals surface area contributed by atoms with Gasteiger partial charge in [-0.05, 0) is 30.7 Å². The Morgan fingerprint density at radius 1 is 1.44 bits per heavy atom. The average Bonchev–Trinajstić information content (AvgIpc) is 2.68. The molecule has 1 aromatic carbocycles. The third-order valence-electron chi connectivity index (χ3n) is 2.32. The second-order valence-electron chi connectivity index (χ2n) is 3.63. The van der Waals surface area contributed by atoms with Crippen LogP contribution >= 0.6 is 0 Å². The number of hydrogen-bond donors (Lipinski definition) is 0. The Morgan fingerprint density at radius 3 is 2.89 bits per heavy atom. The first-order valence-electron chi connectivity index (χ1n) is 5.12. The predicted octanol–water partition coefficient (Wildman–Crippen LogP) is 3.20. The molecule has 0 fully saturated rings. The quantitative estimate of drug-likeness (QED) is 0.617. The minimum absolute atomic E-state index is 0.0433. The van der Waals surface area contributed by atoms with Crippen molar-refractivity contribution in [3.63, 3.8) is 0 Å². The Morgan fingerprint density at radius 2 is 2.22 bits per heavy atom. The number of aromatic nitrogens is 1. The highest BCUT2D eigenvalue weighted by Crippen LogP contribution is 2.24. The Hall–Kier alpha value is -2.50. The van der Waals surface area contributed by atoms with Crippen LogP contribution in [0.4, 0.5) is 10.1 Å². The number of benzene rings is 1. The van der Waals surface area contributed by atoms with E-state index in [1.165, 1.54) is 31.2 Å². The molecule has 5 nitrogen and oxygen atoms in total. The van der Waals surface area contributed by atoms with E-state index in [0.717, 1.165) is 0 Å². The van der Waals surface area contributed by atoms with Crippen molar-refractivity contribution in [2.75, 3.05) is 0 Å². The van der Waals surface area contributed by atoms with Crippen LogP contribution in [0.3, 0.4) is 0 Å². The van der Waals surface area contributed by atoms with Gasteiger partial charge in [-0.2, -0.15) is 0 Å². The number of nitro groups is 1. The van der Waals surface area contributed by atoms with Gasteiger partial charge in [-0.3, -0.25) is 10.1 Å². The van der Waals surface area contributed by atoms with Gasteiger partial charge >= 0.3 is 5.69 Å². The molecule has 2 aromatic rings. The second kappa shape index (κ2) is 4.79. The van der Waals surface area contributed by atoms with E-state index in [9.17, 15) is 14.5 Å². The van der Waals surface area contributed by atoms with E-state index in [4.69, 9.17) is 4.52 Å². The zero-order valence-electron chi connectivity index (χ0n) is 9.46. The number of nitrogens with zero attached hydrogens (tertiary/aromatic N) is 2. The van der Waals surface area contributed by atoms with Crippen LogP contribution in [0.25, 0.3) is 12.2 Å². The maximum Gasteiger partial charge on any atom is 0.338 e. The highest BCUT2D eigenvalue weighted by molar-refractivity contribution is 5.71. The summed E-state index contributed by atoms with van der Waals surface area (Å²) in [6, 6.07) is 5.85. The summed E-state index contributed by atoms with van der Waals surface area (Å²) < 4.78 is 17.8. The van der Waals surface area contributed by atoms with Gasteiger partial charge in [0, 0.05) is 0 Å². The van der Waals surface area contributed by atoms with Gasteiger partial charge in [-0.25, -0.2) is 4.39 Å². The average molecular weight is 248 g/mol. The molecular formula is C12H9FN2O3. The van der Waals surface area contributed by atoms with Gasteiger partial charge in [0.05, 0.1) is 4.92 Å². The van der Waals surface area contributed by atoms with Crippen LogP contribution in [0.1, 0.15) is 17.0 Å². The SMILES string of the molecule is Cc1noc(/C=C\c2cccc(F)c2)c1[N+](=O)[O-]. The molecule has 0 spiro atoms. The highest BCUT2D eigenvalue weighted by atomic mass is 19.1. The van der Waals surface area contributed by atoms with Gasteiger partial charge < -0.3 is 4.52 Å². The Balaban J connectivity index is 2.32. The van der Waals surface area contributed by atoms with E-state index in [-0.39, 0.29) is 23.0 Å². The molecule has 92 valence electrons. The lowest BCUT2D eigenvalue weighted by Gasteiger charge is -1.92. The summed E-state index contributed by atoms with van der Waals surface area (Å²) in [7, 11) is 0. The minimum atomic E-state index is -0.558. The van der Waals surface area contributed by atoms with Crippen LogP contribution in [0.5, 0.6) is 0 Å². The van der Waals surface area contributed by atoms with E-state index in [1.807, 2.05) is 0 Å². The Kier molecular flexibility index (Phi) is 3.18. The molecule has 0 aliphatic heterocycles. The van der Waals surface area contributed by atoms with E-state index in [0.29, 0.717) is 5.56 Å². The number of aryl methyl sites for hydroxylation is 1. The molecule has 18 heavy (non-hydrogen) atoms. The first kappa shape index (κ1) is 12.0. The van der Waals surface area contributed by atoms with Gasteiger partial charge in [0.1, 0.15) is 5.82 Å². The molecule has 0 N–H and O–H groups in total. The van der Waals surface area contributed by atoms with Gasteiger partial charge in [0.2, 0.25) is 5.76 Å². The molecule has 0 aliphatic carbocycles. The first-order chi connectivity index (χ1) is 8.58. The largest absolute Gasteiger partial charge is 0.349 e. The summed E-state index contributed by atoms with van der Waals surface area (Å²) in [6.45, 7) is 1.49. The summed E-state index contributed by atoms with van der Waals surface area (Å²) in [5.74, 6) is -0.331. The zero-order chi connectivity index (χ0) is 13.1. The highest BCUT2D eigenvalue weighted by Gasteiger charge is 2.21.